The average molecular weight is 539 g/mol. The van der Waals surface area contributed by atoms with Crippen molar-refractivity contribution in [2.45, 2.75) is 32.2 Å². The first-order chi connectivity index (χ1) is 17.9. The molecule has 0 bridgehead atoms. The summed E-state index contributed by atoms with van der Waals surface area (Å²) < 4.78 is 11.5. The first-order valence-corrected chi connectivity index (χ1v) is 13.9. The van der Waals surface area contributed by atoms with Crippen molar-refractivity contribution in [3.05, 3.63) is 80.5 Å². The first-order valence-electron chi connectivity index (χ1n) is 12.6. The maximum atomic E-state index is 13.8. The van der Waals surface area contributed by atoms with Gasteiger partial charge in [-0.3, -0.25) is 9.59 Å². The Morgan fingerprint density at radius 3 is 2.73 bits per heavy atom. The lowest BCUT2D eigenvalue weighted by Gasteiger charge is -2.37. The van der Waals surface area contributed by atoms with Crippen molar-refractivity contribution in [3.63, 3.8) is 0 Å². The second-order valence-electron chi connectivity index (χ2n) is 9.74. The van der Waals surface area contributed by atoms with Crippen molar-refractivity contribution in [2.24, 2.45) is 5.92 Å². The lowest BCUT2D eigenvalue weighted by atomic mass is 10.00. The number of benzene rings is 2. The third-order valence-electron chi connectivity index (χ3n) is 7.06. The third-order valence-corrected chi connectivity index (χ3v) is 8.48. The SMILES string of the molecule is COc1cccc(C(=O)N(CC(=O)N2CCc3sccc3C2COc2ccc(Cl)c(C)c2)CC2CC2)c1. The second kappa shape index (κ2) is 11.2. The number of ether oxygens (including phenoxy) is 2. The number of nitrogens with zero attached hydrogens (tertiary/aromatic N) is 2. The molecule has 1 atom stereocenters. The van der Waals surface area contributed by atoms with Gasteiger partial charge < -0.3 is 19.3 Å². The summed E-state index contributed by atoms with van der Waals surface area (Å²) in [4.78, 5) is 32.1. The summed E-state index contributed by atoms with van der Waals surface area (Å²) in [5, 5.41) is 2.77. The highest BCUT2D eigenvalue weighted by Crippen LogP contribution is 2.35. The zero-order valence-electron chi connectivity index (χ0n) is 21.1. The van der Waals surface area contributed by atoms with Crippen molar-refractivity contribution in [1.29, 1.82) is 0 Å². The van der Waals surface area contributed by atoms with Crippen LogP contribution in [0.25, 0.3) is 0 Å². The van der Waals surface area contributed by atoms with Crippen LogP contribution in [0.5, 0.6) is 11.5 Å². The van der Waals surface area contributed by atoms with Crippen LogP contribution in [0, 0.1) is 12.8 Å². The molecule has 37 heavy (non-hydrogen) atoms. The van der Waals surface area contributed by atoms with E-state index in [0.29, 0.717) is 41.9 Å². The Bertz CT molecular complexity index is 1290. The molecular weight excluding hydrogens is 508 g/mol. The van der Waals surface area contributed by atoms with Crippen LogP contribution in [0.15, 0.2) is 53.9 Å². The van der Waals surface area contributed by atoms with Gasteiger partial charge in [-0.15, -0.1) is 11.3 Å². The van der Waals surface area contributed by atoms with Gasteiger partial charge in [0.2, 0.25) is 5.91 Å². The van der Waals surface area contributed by atoms with Gasteiger partial charge in [0.05, 0.1) is 13.2 Å². The maximum absolute atomic E-state index is 13.8. The van der Waals surface area contributed by atoms with E-state index in [0.717, 1.165) is 36.1 Å². The summed E-state index contributed by atoms with van der Waals surface area (Å²) in [6, 6.07) is 14.6. The molecule has 1 aliphatic carbocycles. The highest BCUT2D eigenvalue weighted by molar-refractivity contribution is 7.10. The van der Waals surface area contributed by atoms with Gasteiger partial charge in [-0.05, 0) is 91.1 Å². The zero-order chi connectivity index (χ0) is 25.9. The number of carbonyl (C=O) groups is 2. The Labute approximate surface area is 226 Å². The summed E-state index contributed by atoms with van der Waals surface area (Å²) in [5.74, 6) is 1.60. The zero-order valence-corrected chi connectivity index (χ0v) is 22.7. The lowest BCUT2D eigenvalue weighted by molar-refractivity contribution is -0.135. The standard InChI is InChI=1S/C29H31ClN2O4S/c1-19-14-23(8-9-25(19)30)36-18-26-24-11-13-37-27(24)10-12-32(26)28(33)17-31(16-20-6-7-20)29(34)21-4-3-5-22(15-21)35-2/h3-5,8-9,11,13-15,20,26H,6-7,10,12,16-18H2,1-2H3. The van der Waals surface area contributed by atoms with Crippen LogP contribution in [-0.4, -0.2) is 55.0 Å². The van der Waals surface area contributed by atoms with Gasteiger partial charge >= 0.3 is 0 Å². The monoisotopic (exact) mass is 538 g/mol. The minimum Gasteiger partial charge on any atom is -0.497 e. The number of rotatable bonds is 9. The summed E-state index contributed by atoms with van der Waals surface area (Å²) >= 11 is 7.89. The van der Waals surface area contributed by atoms with Crippen molar-refractivity contribution in [2.75, 3.05) is 33.4 Å². The molecule has 1 fully saturated rings. The summed E-state index contributed by atoms with van der Waals surface area (Å²) in [6.07, 6.45) is 2.99. The molecule has 0 spiro atoms. The molecule has 1 aromatic heterocycles. The Morgan fingerprint density at radius 2 is 1.97 bits per heavy atom. The van der Waals surface area contributed by atoms with Crippen LogP contribution in [0.2, 0.25) is 5.02 Å². The highest BCUT2D eigenvalue weighted by atomic mass is 35.5. The predicted molar refractivity (Wildman–Crippen MR) is 146 cm³/mol. The van der Waals surface area contributed by atoms with Crippen LogP contribution in [-0.2, 0) is 11.2 Å². The van der Waals surface area contributed by atoms with Crippen molar-refractivity contribution in [1.82, 2.24) is 9.80 Å². The Morgan fingerprint density at radius 1 is 1.14 bits per heavy atom. The fourth-order valence-electron chi connectivity index (χ4n) is 4.78. The topological polar surface area (TPSA) is 59.1 Å². The van der Waals surface area contributed by atoms with Gasteiger partial charge in [-0.25, -0.2) is 0 Å². The number of hydrogen-bond acceptors (Lipinski definition) is 5. The van der Waals surface area contributed by atoms with Crippen LogP contribution >= 0.6 is 22.9 Å². The molecule has 2 heterocycles. The maximum Gasteiger partial charge on any atom is 0.254 e. The van der Waals surface area contributed by atoms with Crippen molar-refractivity contribution in [3.8, 4) is 11.5 Å². The van der Waals surface area contributed by atoms with Crippen LogP contribution in [0.4, 0.5) is 0 Å². The number of halogens is 1. The highest BCUT2D eigenvalue weighted by Gasteiger charge is 2.35. The number of carbonyl (C=O) groups excluding carboxylic acids is 2. The van der Waals surface area contributed by atoms with E-state index in [9.17, 15) is 9.59 Å². The number of amides is 2. The molecule has 2 aliphatic rings. The molecule has 5 rings (SSSR count). The summed E-state index contributed by atoms with van der Waals surface area (Å²) in [5.41, 5.74) is 2.60. The van der Waals surface area contributed by atoms with Crippen molar-refractivity contribution >= 4 is 34.8 Å². The largest absolute Gasteiger partial charge is 0.497 e. The number of hydrogen-bond donors (Lipinski definition) is 0. The Hall–Kier alpha value is -3.03. The van der Waals surface area contributed by atoms with Crippen LogP contribution in [0.3, 0.4) is 0 Å². The van der Waals surface area contributed by atoms with Crippen LogP contribution < -0.4 is 9.47 Å². The molecule has 0 saturated heterocycles. The molecule has 1 saturated carbocycles. The second-order valence-corrected chi connectivity index (χ2v) is 11.1. The molecule has 0 N–H and O–H groups in total. The predicted octanol–water partition coefficient (Wildman–Crippen LogP) is 5.78. The fourth-order valence-corrected chi connectivity index (χ4v) is 5.83. The van der Waals surface area contributed by atoms with Gasteiger partial charge in [0, 0.05) is 28.6 Å². The van der Waals surface area contributed by atoms with E-state index in [2.05, 4.69) is 11.4 Å². The van der Waals surface area contributed by atoms with Gasteiger partial charge in [-0.2, -0.15) is 0 Å². The molecule has 8 heteroatoms. The van der Waals surface area contributed by atoms with Gasteiger partial charge in [-0.1, -0.05) is 17.7 Å². The number of aryl methyl sites for hydroxylation is 1. The van der Waals surface area contributed by atoms with Gasteiger partial charge in [0.1, 0.15) is 24.7 Å². The molecule has 3 aromatic rings. The first kappa shape index (κ1) is 25.6. The molecule has 2 amide bonds. The Balaban J connectivity index is 1.34. The van der Waals surface area contributed by atoms with E-state index in [1.54, 1.807) is 41.5 Å². The number of thiophene rings is 1. The quantitative estimate of drug-likeness (QED) is 0.347. The summed E-state index contributed by atoms with van der Waals surface area (Å²) in [6.45, 7) is 3.51. The number of methoxy groups -OCH3 is 1. The van der Waals surface area contributed by atoms with E-state index in [1.165, 1.54) is 4.88 Å². The minimum atomic E-state index is -0.215. The smallest absolute Gasteiger partial charge is 0.254 e. The third kappa shape index (κ3) is 5.94. The van der Waals surface area contributed by atoms with Crippen molar-refractivity contribution < 1.29 is 19.1 Å². The summed E-state index contributed by atoms with van der Waals surface area (Å²) in [7, 11) is 1.58. The minimum absolute atomic E-state index is 0.0442. The Kier molecular flexibility index (Phi) is 7.72. The normalized spacial score (nSPS) is 16.7. The van der Waals surface area contributed by atoms with E-state index in [1.807, 2.05) is 36.1 Å². The fraction of sp³-hybridized carbons (Fsp3) is 0.379. The van der Waals surface area contributed by atoms with Crippen LogP contribution in [0.1, 0.15) is 45.2 Å². The van der Waals surface area contributed by atoms with Gasteiger partial charge in [0.25, 0.3) is 5.91 Å². The lowest BCUT2D eigenvalue weighted by Crippen LogP contribution is -2.48. The van der Waals surface area contributed by atoms with E-state index >= 15 is 0 Å². The molecule has 194 valence electrons. The molecule has 1 aliphatic heterocycles. The number of fused-ring (bicyclic) bond motifs is 1. The average Bonchev–Trinajstić information content (AvgIpc) is 3.60. The van der Waals surface area contributed by atoms with E-state index in [4.69, 9.17) is 21.1 Å². The molecule has 0 radical (unpaired) electrons. The molecular formula is C29H31ClN2O4S. The van der Waals surface area contributed by atoms with E-state index < -0.39 is 0 Å². The van der Waals surface area contributed by atoms with Gasteiger partial charge in [0.15, 0.2) is 0 Å². The molecule has 1 unspecified atom stereocenters. The van der Waals surface area contributed by atoms with E-state index in [-0.39, 0.29) is 24.4 Å². The molecule has 6 nitrogen and oxygen atoms in total. The molecule has 2 aromatic carbocycles.